The van der Waals surface area contributed by atoms with Crippen LogP contribution in [0.5, 0.6) is 0 Å². The first-order valence-electron chi connectivity index (χ1n) is 5.02. The Labute approximate surface area is 106 Å². The van der Waals surface area contributed by atoms with Crippen LogP contribution in [-0.2, 0) is 9.63 Å². The number of benzene rings is 1. The molecule has 1 aliphatic rings. The molecule has 6 heteroatoms. The summed E-state index contributed by atoms with van der Waals surface area (Å²) in [7, 11) is 0. The zero-order chi connectivity index (χ0) is 12.5. The van der Waals surface area contributed by atoms with E-state index in [0.29, 0.717) is 5.71 Å². The molecular weight excluding hydrogens is 288 g/mol. The Kier molecular flexibility index (Phi) is 3.17. The topological polar surface area (TPSA) is 84.9 Å². The maximum absolute atomic E-state index is 11.1. The number of carboxylic acids is 1. The molecule has 1 aromatic carbocycles. The number of aliphatic carboxylic acids is 1. The highest BCUT2D eigenvalue weighted by Crippen LogP contribution is 2.27. The van der Waals surface area contributed by atoms with Crippen molar-refractivity contribution in [3.8, 4) is 0 Å². The first-order valence-corrected chi connectivity index (χ1v) is 5.81. The standard InChI is InChI=1S/C11H11BrN2O3/c12-8-3-1-2-7(4-8)9-5-11(6-13,10(15)16)17-14-9/h1-4H,5-6,13H2,(H,15,16). The molecule has 2 rings (SSSR count). The summed E-state index contributed by atoms with van der Waals surface area (Å²) < 4.78 is 0.901. The van der Waals surface area contributed by atoms with Crippen LogP contribution in [0.4, 0.5) is 0 Å². The summed E-state index contributed by atoms with van der Waals surface area (Å²) >= 11 is 3.35. The van der Waals surface area contributed by atoms with Gasteiger partial charge in [-0.15, -0.1) is 0 Å². The smallest absolute Gasteiger partial charge is 0.352 e. The fourth-order valence-electron chi connectivity index (χ4n) is 1.61. The second-order valence-electron chi connectivity index (χ2n) is 3.82. The highest BCUT2D eigenvalue weighted by atomic mass is 79.9. The van der Waals surface area contributed by atoms with Crippen LogP contribution in [0.1, 0.15) is 12.0 Å². The number of halogens is 1. The van der Waals surface area contributed by atoms with Gasteiger partial charge in [0.2, 0.25) is 0 Å². The molecule has 0 radical (unpaired) electrons. The summed E-state index contributed by atoms with van der Waals surface area (Å²) in [5, 5.41) is 12.9. The van der Waals surface area contributed by atoms with E-state index in [1.54, 1.807) is 0 Å². The van der Waals surface area contributed by atoms with Crippen molar-refractivity contribution in [2.75, 3.05) is 6.54 Å². The van der Waals surface area contributed by atoms with Crippen molar-refractivity contribution < 1.29 is 14.7 Å². The third kappa shape index (κ3) is 2.18. The maximum Gasteiger partial charge on any atom is 0.352 e. The van der Waals surface area contributed by atoms with E-state index in [2.05, 4.69) is 21.1 Å². The van der Waals surface area contributed by atoms with Gasteiger partial charge in [0.1, 0.15) is 0 Å². The lowest BCUT2D eigenvalue weighted by Crippen LogP contribution is -2.45. The van der Waals surface area contributed by atoms with Gasteiger partial charge in [-0.1, -0.05) is 33.2 Å². The number of nitrogens with two attached hydrogens (primary N) is 1. The number of rotatable bonds is 3. The second kappa shape index (κ2) is 4.46. The molecule has 0 spiro atoms. The van der Waals surface area contributed by atoms with Gasteiger partial charge in [0.15, 0.2) is 0 Å². The van der Waals surface area contributed by atoms with Crippen LogP contribution in [-0.4, -0.2) is 28.9 Å². The van der Waals surface area contributed by atoms with Crippen LogP contribution in [0.2, 0.25) is 0 Å². The van der Waals surface area contributed by atoms with Crippen molar-refractivity contribution >= 4 is 27.6 Å². The molecule has 5 nitrogen and oxygen atoms in total. The normalized spacial score (nSPS) is 23.1. The van der Waals surface area contributed by atoms with Gasteiger partial charge in [0.25, 0.3) is 5.60 Å². The van der Waals surface area contributed by atoms with E-state index in [-0.39, 0.29) is 13.0 Å². The molecule has 0 bridgehead atoms. The van der Waals surface area contributed by atoms with Gasteiger partial charge in [-0.05, 0) is 12.1 Å². The molecule has 1 unspecified atom stereocenters. The fraction of sp³-hybridized carbons (Fsp3) is 0.273. The summed E-state index contributed by atoms with van der Waals surface area (Å²) in [5.41, 5.74) is 5.46. The number of hydrogen-bond donors (Lipinski definition) is 2. The van der Waals surface area contributed by atoms with Gasteiger partial charge in [0, 0.05) is 23.0 Å². The van der Waals surface area contributed by atoms with Crippen molar-refractivity contribution in [3.63, 3.8) is 0 Å². The SMILES string of the molecule is NCC1(C(=O)O)CC(c2cccc(Br)c2)=NO1. The first kappa shape index (κ1) is 12.1. The number of nitrogens with zero attached hydrogens (tertiary/aromatic N) is 1. The van der Waals surface area contributed by atoms with Gasteiger partial charge in [-0.2, -0.15) is 0 Å². The van der Waals surface area contributed by atoms with Crippen molar-refractivity contribution in [2.45, 2.75) is 12.0 Å². The van der Waals surface area contributed by atoms with E-state index in [1.807, 2.05) is 24.3 Å². The number of carboxylic acid groups (broad SMARTS) is 1. The van der Waals surface area contributed by atoms with E-state index in [1.165, 1.54) is 0 Å². The third-order valence-electron chi connectivity index (χ3n) is 2.66. The Hall–Kier alpha value is -1.40. The average Bonchev–Trinajstić information content (AvgIpc) is 2.74. The molecule has 0 saturated heterocycles. The largest absolute Gasteiger partial charge is 0.478 e. The third-order valence-corrected chi connectivity index (χ3v) is 3.15. The lowest BCUT2D eigenvalue weighted by molar-refractivity contribution is -0.161. The molecule has 90 valence electrons. The quantitative estimate of drug-likeness (QED) is 0.882. The van der Waals surface area contributed by atoms with E-state index >= 15 is 0 Å². The van der Waals surface area contributed by atoms with Crippen molar-refractivity contribution in [2.24, 2.45) is 10.9 Å². The molecule has 1 aromatic rings. The minimum absolute atomic E-state index is 0.108. The Bertz CT molecular complexity index is 489. The summed E-state index contributed by atoms with van der Waals surface area (Å²) in [6.07, 6.45) is 0.176. The van der Waals surface area contributed by atoms with Gasteiger partial charge >= 0.3 is 5.97 Å². The molecule has 17 heavy (non-hydrogen) atoms. The van der Waals surface area contributed by atoms with Gasteiger partial charge in [0.05, 0.1) is 5.71 Å². The second-order valence-corrected chi connectivity index (χ2v) is 4.74. The number of oxime groups is 1. The summed E-state index contributed by atoms with van der Waals surface area (Å²) in [5.74, 6) is -1.09. The van der Waals surface area contributed by atoms with Crippen LogP contribution in [0.3, 0.4) is 0 Å². The van der Waals surface area contributed by atoms with Crippen LogP contribution in [0.25, 0.3) is 0 Å². The minimum atomic E-state index is -1.42. The van der Waals surface area contributed by atoms with E-state index in [4.69, 9.17) is 15.7 Å². The highest BCUT2D eigenvalue weighted by molar-refractivity contribution is 9.10. The molecule has 0 aliphatic carbocycles. The van der Waals surface area contributed by atoms with Gasteiger partial charge in [-0.3, -0.25) is 0 Å². The maximum atomic E-state index is 11.1. The van der Waals surface area contributed by atoms with Crippen LogP contribution in [0, 0.1) is 0 Å². The zero-order valence-corrected chi connectivity index (χ0v) is 10.5. The van der Waals surface area contributed by atoms with E-state index in [9.17, 15) is 4.79 Å². The average molecular weight is 299 g/mol. The molecule has 0 aromatic heterocycles. The molecule has 3 N–H and O–H groups in total. The number of hydrogen-bond acceptors (Lipinski definition) is 4. The van der Waals surface area contributed by atoms with Gasteiger partial charge < -0.3 is 15.7 Å². The van der Waals surface area contributed by atoms with Crippen LogP contribution < -0.4 is 5.73 Å². The summed E-state index contributed by atoms with van der Waals surface area (Å²) in [4.78, 5) is 16.1. The molecule has 0 amide bonds. The summed E-state index contributed by atoms with van der Waals surface area (Å²) in [6.45, 7) is -0.108. The van der Waals surface area contributed by atoms with Crippen molar-refractivity contribution in [1.29, 1.82) is 0 Å². The van der Waals surface area contributed by atoms with Crippen LogP contribution >= 0.6 is 15.9 Å². The highest BCUT2D eigenvalue weighted by Gasteiger charge is 2.46. The van der Waals surface area contributed by atoms with Crippen molar-refractivity contribution in [3.05, 3.63) is 34.3 Å². The lowest BCUT2D eigenvalue weighted by atomic mass is 9.94. The monoisotopic (exact) mass is 298 g/mol. The molecule has 1 aliphatic heterocycles. The first-order chi connectivity index (χ1) is 8.07. The molecule has 1 atom stereocenters. The molecule has 1 heterocycles. The summed E-state index contributed by atoms with van der Waals surface area (Å²) in [6, 6.07) is 7.44. The Morgan fingerprint density at radius 3 is 2.94 bits per heavy atom. The Morgan fingerprint density at radius 2 is 2.41 bits per heavy atom. The van der Waals surface area contributed by atoms with Gasteiger partial charge in [-0.25, -0.2) is 4.79 Å². The van der Waals surface area contributed by atoms with Crippen molar-refractivity contribution in [1.82, 2.24) is 0 Å². The minimum Gasteiger partial charge on any atom is -0.478 e. The predicted molar refractivity (Wildman–Crippen MR) is 65.8 cm³/mol. The fourth-order valence-corrected chi connectivity index (χ4v) is 2.01. The molecule has 0 fully saturated rings. The zero-order valence-electron chi connectivity index (χ0n) is 8.89. The number of carbonyl (C=O) groups is 1. The Balaban J connectivity index is 2.25. The predicted octanol–water partition coefficient (Wildman–Crippen LogP) is 1.36. The lowest BCUT2D eigenvalue weighted by Gasteiger charge is -2.18. The molecule has 0 saturated carbocycles. The van der Waals surface area contributed by atoms with Crippen LogP contribution in [0.15, 0.2) is 33.9 Å². The Morgan fingerprint density at radius 1 is 1.65 bits per heavy atom. The van der Waals surface area contributed by atoms with E-state index in [0.717, 1.165) is 10.0 Å². The van der Waals surface area contributed by atoms with E-state index < -0.39 is 11.6 Å². The molecular formula is C11H11BrN2O3.